The molecule has 1 heterocycles. The van der Waals surface area contributed by atoms with Crippen molar-refractivity contribution in [2.75, 3.05) is 7.11 Å². The quantitative estimate of drug-likeness (QED) is 0.753. The first-order valence-corrected chi connectivity index (χ1v) is 4.26. The fourth-order valence-corrected chi connectivity index (χ4v) is 0.949. The second-order valence-electron chi connectivity index (χ2n) is 3.13. The van der Waals surface area contributed by atoms with Crippen LogP contribution in [0.3, 0.4) is 0 Å². The van der Waals surface area contributed by atoms with Crippen molar-refractivity contribution in [2.45, 2.75) is 25.8 Å². The van der Waals surface area contributed by atoms with E-state index in [9.17, 15) is 0 Å². The van der Waals surface area contributed by atoms with Gasteiger partial charge in [0.1, 0.15) is 0 Å². The fourth-order valence-electron chi connectivity index (χ4n) is 0.949. The van der Waals surface area contributed by atoms with Gasteiger partial charge in [-0.05, 0) is 6.92 Å². The van der Waals surface area contributed by atoms with Gasteiger partial charge >= 0.3 is 0 Å². The number of ether oxygens (including phenoxy) is 1. The molecule has 72 valence electrons. The smallest absolute Gasteiger partial charge is 0.232 e. The summed E-state index contributed by atoms with van der Waals surface area (Å²) in [5.74, 6) is 0.729. The number of nitrogens with zero attached hydrogens (tertiary/aromatic N) is 2. The summed E-state index contributed by atoms with van der Waals surface area (Å²) in [6.07, 6.45) is 3.30. The van der Waals surface area contributed by atoms with Crippen LogP contribution in [0.15, 0.2) is 12.4 Å². The summed E-state index contributed by atoms with van der Waals surface area (Å²) < 4.78 is 4.97. The van der Waals surface area contributed by atoms with Gasteiger partial charge in [-0.3, -0.25) is 4.98 Å². The van der Waals surface area contributed by atoms with Gasteiger partial charge in [0.2, 0.25) is 5.88 Å². The van der Waals surface area contributed by atoms with Crippen molar-refractivity contribution >= 4 is 0 Å². The minimum atomic E-state index is 0.0707. The summed E-state index contributed by atoms with van der Waals surface area (Å²) in [5.41, 5.74) is 6.62. The summed E-state index contributed by atoms with van der Waals surface area (Å²) in [6, 6.07) is 0.0707. The third-order valence-electron chi connectivity index (χ3n) is 2.10. The summed E-state index contributed by atoms with van der Waals surface area (Å²) >= 11 is 0. The summed E-state index contributed by atoms with van der Waals surface area (Å²) in [4.78, 5) is 8.26. The van der Waals surface area contributed by atoms with Gasteiger partial charge in [0.25, 0.3) is 0 Å². The van der Waals surface area contributed by atoms with Gasteiger partial charge in [-0.1, -0.05) is 6.92 Å². The highest BCUT2D eigenvalue weighted by Crippen LogP contribution is 2.16. The van der Waals surface area contributed by atoms with Crippen molar-refractivity contribution in [1.29, 1.82) is 0 Å². The lowest BCUT2D eigenvalue weighted by molar-refractivity contribution is 0.391. The Morgan fingerprint density at radius 1 is 1.38 bits per heavy atom. The molecule has 1 aromatic heterocycles. The van der Waals surface area contributed by atoms with E-state index in [0.717, 1.165) is 5.69 Å². The second-order valence-corrected chi connectivity index (χ2v) is 3.13. The molecule has 0 aliphatic carbocycles. The van der Waals surface area contributed by atoms with Gasteiger partial charge in [-0.25, -0.2) is 4.98 Å². The molecule has 0 spiro atoms. The van der Waals surface area contributed by atoms with Crippen LogP contribution in [-0.4, -0.2) is 23.1 Å². The largest absolute Gasteiger partial charge is 0.480 e. The highest BCUT2D eigenvalue weighted by molar-refractivity contribution is 5.12. The Morgan fingerprint density at radius 2 is 2.08 bits per heavy atom. The lowest BCUT2D eigenvalue weighted by Gasteiger charge is -2.14. The first-order chi connectivity index (χ1) is 6.15. The van der Waals surface area contributed by atoms with E-state index in [1.807, 2.05) is 13.8 Å². The average molecular weight is 181 g/mol. The van der Waals surface area contributed by atoms with E-state index in [2.05, 4.69) is 9.97 Å². The molecule has 13 heavy (non-hydrogen) atoms. The van der Waals surface area contributed by atoms with E-state index < -0.39 is 0 Å². The molecule has 0 aromatic carbocycles. The second kappa shape index (κ2) is 4.18. The SMILES string of the molecule is COc1cncc(C(C)C(C)N)n1. The van der Waals surface area contributed by atoms with Crippen LogP contribution in [-0.2, 0) is 0 Å². The molecule has 0 fully saturated rings. The van der Waals surface area contributed by atoms with Crippen LogP contribution in [0.25, 0.3) is 0 Å². The first-order valence-electron chi connectivity index (χ1n) is 4.26. The molecule has 0 saturated carbocycles. The Bertz CT molecular complexity index is 275. The molecule has 2 N–H and O–H groups in total. The van der Waals surface area contributed by atoms with E-state index in [1.54, 1.807) is 19.5 Å². The van der Waals surface area contributed by atoms with Crippen molar-refractivity contribution < 1.29 is 4.74 Å². The van der Waals surface area contributed by atoms with Crippen LogP contribution < -0.4 is 10.5 Å². The molecule has 4 nitrogen and oxygen atoms in total. The summed E-state index contributed by atoms with van der Waals surface area (Å²) in [7, 11) is 1.57. The van der Waals surface area contributed by atoms with Crippen molar-refractivity contribution in [2.24, 2.45) is 5.73 Å². The van der Waals surface area contributed by atoms with E-state index in [0.29, 0.717) is 5.88 Å². The van der Waals surface area contributed by atoms with Crippen molar-refractivity contribution in [3.05, 3.63) is 18.1 Å². The zero-order chi connectivity index (χ0) is 9.84. The van der Waals surface area contributed by atoms with Gasteiger partial charge < -0.3 is 10.5 Å². The van der Waals surface area contributed by atoms with E-state index in [-0.39, 0.29) is 12.0 Å². The molecule has 1 rings (SSSR count). The van der Waals surface area contributed by atoms with Crippen molar-refractivity contribution in [3.8, 4) is 5.88 Å². The molecule has 0 aliphatic heterocycles. The maximum atomic E-state index is 5.75. The van der Waals surface area contributed by atoms with E-state index in [1.165, 1.54) is 0 Å². The van der Waals surface area contributed by atoms with Gasteiger partial charge in [0.05, 0.1) is 19.0 Å². The molecule has 4 heteroatoms. The Kier molecular flexibility index (Phi) is 3.19. The molecular weight excluding hydrogens is 166 g/mol. The highest BCUT2D eigenvalue weighted by atomic mass is 16.5. The number of methoxy groups -OCH3 is 1. The average Bonchev–Trinajstić information content (AvgIpc) is 2.16. The number of aromatic nitrogens is 2. The highest BCUT2D eigenvalue weighted by Gasteiger charge is 2.12. The molecule has 0 saturated heterocycles. The van der Waals surface area contributed by atoms with Crippen LogP contribution in [0.1, 0.15) is 25.5 Å². The Hall–Kier alpha value is -1.16. The maximum Gasteiger partial charge on any atom is 0.232 e. The molecule has 0 radical (unpaired) electrons. The van der Waals surface area contributed by atoms with Crippen molar-refractivity contribution in [1.82, 2.24) is 9.97 Å². The molecular formula is C9H15N3O. The van der Waals surface area contributed by atoms with E-state index >= 15 is 0 Å². The van der Waals surface area contributed by atoms with Crippen LogP contribution >= 0.6 is 0 Å². The van der Waals surface area contributed by atoms with Crippen LogP contribution in [0, 0.1) is 0 Å². The lowest BCUT2D eigenvalue weighted by Crippen LogP contribution is -2.23. The lowest BCUT2D eigenvalue weighted by atomic mass is 10.0. The molecule has 0 bridgehead atoms. The molecule has 1 aromatic rings. The van der Waals surface area contributed by atoms with Crippen LogP contribution in [0.5, 0.6) is 5.88 Å². The first kappa shape index (κ1) is 9.92. The normalized spacial score (nSPS) is 15.1. The van der Waals surface area contributed by atoms with Gasteiger partial charge in [-0.2, -0.15) is 0 Å². The predicted octanol–water partition coefficient (Wildman–Crippen LogP) is 0.936. The van der Waals surface area contributed by atoms with Gasteiger partial charge in [0, 0.05) is 18.2 Å². The Balaban J connectivity index is 2.88. The zero-order valence-corrected chi connectivity index (χ0v) is 8.19. The van der Waals surface area contributed by atoms with Gasteiger partial charge in [0.15, 0.2) is 0 Å². The molecule has 0 aliphatic rings. The van der Waals surface area contributed by atoms with Crippen LogP contribution in [0.4, 0.5) is 0 Å². The third kappa shape index (κ3) is 2.39. The minimum absolute atomic E-state index is 0.0707. The molecule has 0 amide bonds. The zero-order valence-electron chi connectivity index (χ0n) is 8.19. The summed E-state index contributed by atoms with van der Waals surface area (Å²) in [5, 5.41) is 0. The topological polar surface area (TPSA) is 61.0 Å². The number of hydrogen-bond acceptors (Lipinski definition) is 4. The standard InChI is InChI=1S/C9H15N3O/c1-6(7(2)10)8-4-11-5-9(12-8)13-3/h4-7H,10H2,1-3H3. The molecule has 2 atom stereocenters. The monoisotopic (exact) mass is 181 g/mol. The summed E-state index contributed by atoms with van der Waals surface area (Å²) in [6.45, 7) is 3.97. The maximum absolute atomic E-state index is 5.75. The number of nitrogens with two attached hydrogens (primary N) is 1. The minimum Gasteiger partial charge on any atom is -0.480 e. The Labute approximate surface area is 78.1 Å². The van der Waals surface area contributed by atoms with Gasteiger partial charge in [-0.15, -0.1) is 0 Å². The fraction of sp³-hybridized carbons (Fsp3) is 0.556. The molecule has 2 unspecified atom stereocenters. The van der Waals surface area contributed by atoms with Crippen LogP contribution in [0.2, 0.25) is 0 Å². The Morgan fingerprint density at radius 3 is 2.62 bits per heavy atom. The van der Waals surface area contributed by atoms with E-state index in [4.69, 9.17) is 10.5 Å². The van der Waals surface area contributed by atoms with Crippen molar-refractivity contribution in [3.63, 3.8) is 0 Å². The predicted molar refractivity (Wildman–Crippen MR) is 50.6 cm³/mol. The number of rotatable bonds is 3. The third-order valence-corrected chi connectivity index (χ3v) is 2.10. The number of hydrogen-bond donors (Lipinski definition) is 1.